The van der Waals surface area contributed by atoms with Gasteiger partial charge in [0.1, 0.15) is 11.4 Å². The van der Waals surface area contributed by atoms with Gasteiger partial charge in [-0.2, -0.15) is 5.10 Å². The van der Waals surface area contributed by atoms with Gasteiger partial charge in [0.25, 0.3) is 0 Å². The number of carbonyl (C=O) groups excluding carboxylic acids is 1. The fraction of sp³-hybridized carbons (Fsp3) is 0.320. The Hall–Kier alpha value is -3.61. The Labute approximate surface area is 188 Å². The largest absolute Gasteiger partial charge is 0.456 e. The molecule has 7 heteroatoms. The van der Waals surface area contributed by atoms with Crippen molar-refractivity contribution in [2.75, 3.05) is 0 Å². The van der Waals surface area contributed by atoms with Gasteiger partial charge in [0.15, 0.2) is 6.10 Å². The van der Waals surface area contributed by atoms with Crippen molar-refractivity contribution in [2.45, 2.75) is 46.3 Å². The summed E-state index contributed by atoms with van der Waals surface area (Å²) < 4.78 is 13.3. The number of esters is 1. The van der Waals surface area contributed by atoms with Gasteiger partial charge in [-0.1, -0.05) is 35.5 Å². The maximum absolute atomic E-state index is 12.4. The molecule has 32 heavy (non-hydrogen) atoms. The van der Waals surface area contributed by atoms with E-state index < -0.39 is 11.7 Å². The second-order valence-corrected chi connectivity index (χ2v) is 8.32. The van der Waals surface area contributed by atoms with Crippen LogP contribution in [0, 0.1) is 6.92 Å². The van der Waals surface area contributed by atoms with Crippen molar-refractivity contribution in [1.82, 2.24) is 9.78 Å². The molecule has 7 nitrogen and oxygen atoms in total. The number of hydrogen-bond donors (Lipinski definition) is 0. The highest BCUT2D eigenvalue weighted by atomic mass is 16.6. The van der Waals surface area contributed by atoms with Gasteiger partial charge in [-0.3, -0.25) is 0 Å². The van der Waals surface area contributed by atoms with Crippen molar-refractivity contribution in [3.05, 3.63) is 77.0 Å². The van der Waals surface area contributed by atoms with Gasteiger partial charge in [-0.05, 0) is 64.4 Å². The van der Waals surface area contributed by atoms with E-state index in [0.29, 0.717) is 17.2 Å². The predicted molar refractivity (Wildman–Crippen MR) is 123 cm³/mol. The van der Waals surface area contributed by atoms with Gasteiger partial charge in [0, 0.05) is 13.3 Å². The lowest BCUT2D eigenvalue weighted by Gasteiger charge is -2.20. The van der Waals surface area contributed by atoms with Gasteiger partial charge < -0.3 is 14.3 Å². The Kier molecular flexibility index (Phi) is 6.98. The number of aromatic nitrogens is 2. The third-order valence-electron chi connectivity index (χ3n) is 4.55. The molecule has 1 heterocycles. The molecule has 1 aromatic heterocycles. The van der Waals surface area contributed by atoms with E-state index in [1.54, 1.807) is 30.0 Å². The van der Waals surface area contributed by atoms with Gasteiger partial charge in [0.05, 0.1) is 16.8 Å². The van der Waals surface area contributed by atoms with E-state index in [1.165, 1.54) is 0 Å². The molecule has 0 N–H and O–H groups in total. The molecule has 1 atom stereocenters. The van der Waals surface area contributed by atoms with Crippen molar-refractivity contribution in [2.24, 2.45) is 12.2 Å². The fourth-order valence-electron chi connectivity index (χ4n) is 3.21. The summed E-state index contributed by atoms with van der Waals surface area (Å²) >= 11 is 0. The maximum atomic E-state index is 12.4. The lowest BCUT2D eigenvalue weighted by molar-refractivity contribution is 0.00693. The second-order valence-electron chi connectivity index (χ2n) is 8.32. The number of oxime groups is 1. The number of hydrogen-bond acceptors (Lipinski definition) is 6. The third kappa shape index (κ3) is 5.55. The molecule has 0 fully saturated rings. The lowest BCUT2D eigenvalue weighted by atomic mass is 10.0. The molecule has 0 aliphatic carbocycles. The van der Waals surface area contributed by atoms with Crippen LogP contribution in [0.25, 0.3) is 0 Å². The normalized spacial score (nSPS) is 12.6. The molecule has 0 amide bonds. The van der Waals surface area contributed by atoms with E-state index in [0.717, 1.165) is 16.8 Å². The molecule has 0 spiro atoms. The SMILES string of the molecule is CC=NOC(c1ccc(C(=O)OC(C)(C)C)cc1)c1c(C)nn(C)c1Oc1ccccc1. The van der Waals surface area contributed by atoms with E-state index in [9.17, 15) is 4.79 Å². The molecule has 3 rings (SSSR count). The highest BCUT2D eigenvalue weighted by molar-refractivity contribution is 5.89. The van der Waals surface area contributed by atoms with Crippen LogP contribution in [0.1, 0.15) is 61.0 Å². The van der Waals surface area contributed by atoms with E-state index >= 15 is 0 Å². The summed E-state index contributed by atoms with van der Waals surface area (Å²) in [4.78, 5) is 18.2. The third-order valence-corrected chi connectivity index (χ3v) is 4.55. The molecule has 2 aromatic carbocycles. The van der Waals surface area contributed by atoms with Crippen LogP contribution in [0.2, 0.25) is 0 Å². The van der Waals surface area contributed by atoms with Gasteiger partial charge in [-0.15, -0.1) is 0 Å². The Morgan fingerprint density at radius 2 is 1.75 bits per heavy atom. The van der Waals surface area contributed by atoms with Crippen molar-refractivity contribution in [3.8, 4) is 11.6 Å². The molecule has 3 aromatic rings. The van der Waals surface area contributed by atoms with Crippen molar-refractivity contribution in [1.29, 1.82) is 0 Å². The Balaban J connectivity index is 1.98. The van der Waals surface area contributed by atoms with E-state index in [-0.39, 0.29) is 5.97 Å². The quantitative estimate of drug-likeness (QED) is 0.275. The molecular formula is C25H29N3O4. The van der Waals surface area contributed by atoms with Crippen LogP contribution in [-0.2, 0) is 16.6 Å². The molecule has 1 unspecified atom stereocenters. The number of rotatable bonds is 7. The average Bonchev–Trinajstić information content (AvgIpc) is 3.01. The molecule has 168 valence electrons. The minimum atomic E-state index is -0.578. The first-order chi connectivity index (χ1) is 15.2. The first-order valence-corrected chi connectivity index (χ1v) is 10.4. The summed E-state index contributed by atoms with van der Waals surface area (Å²) in [6.45, 7) is 9.19. The average molecular weight is 436 g/mol. The topological polar surface area (TPSA) is 74.9 Å². The molecule has 0 radical (unpaired) electrons. The summed E-state index contributed by atoms with van der Waals surface area (Å²) in [6, 6.07) is 16.6. The molecule has 0 aliphatic heterocycles. The first-order valence-electron chi connectivity index (χ1n) is 10.4. The van der Waals surface area contributed by atoms with E-state index in [1.807, 2.05) is 77.2 Å². The van der Waals surface area contributed by atoms with Crippen LogP contribution in [0.4, 0.5) is 0 Å². The minimum Gasteiger partial charge on any atom is -0.456 e. The number of para-hydroxylation sites is 1. The molecular weight excluding hydrogens is 406 g/mol. The first kappa shape index (κ1) is 23.1. The number of nitrogens with zero attached hydrogens (tertiary/aromatic N) is 3. The molecule has 0 bridgehead atoms. The van der Waals surface area contributed by atoms with Gasteiger partial charge >= 0.3 is 5.97 Å². The number of carbonyl (C=O) groups is 1. The summed E-state index contributed by atoms with van der Waals surface area (Å²) in [6.07, 6.45) is 0.997. The lowest BCUT2D eigenvalue weighted by Crippen LogP contribution is -2.23. The highest BCUT2D eigenvalue weighted by Crippen LogP contribution is 2.37. The van der Waals surface area contributed by atoms with Crippen LogP contribution in [0.5, 0.6) is 11.6 Å². The fourth-order valence-corrected chi connectivity index (χ4v) is 3.21. The molecule has 0 saturated carbocycles. The van der Waals surface area contributed by atoms with Crippen LogP contribution >= 0.6 is 0 Å². The Morgan fingerprint density at radius 3 is 2.34 bits per heavy atom. The monoisotopic (exact) mass is 435 g/mol. The number of benzene rings is 2. The standard InChI is InChI=1S/C25H29N3O4/c1-7-26-32-22(18-13-15-19(16-14-18)24(29)31-25(3,4)5)21-17(2)27-28(6)23(21)30-20-11-9-8-10-12-20/h7-16,22H,1-6H3. The predicted octanol–water partition coefficient (Wildman–Crippen LogP) is 5.59. The Bertz CT molecular complexity index is 1080. The zero-order chi connectivity index (χ0) is 23.3. The Morgan fingerprint density at radius 1 is 1.09 bits per heavy atom. The minimum absolute atomic E-state index is 0.376. The maximum Gasteiger partial charge on any atom is 0.338 e. The zero-order valence-electron chi connectivity index (χ0n) is 19.3. The number of ether oxygens (including phenoxy) is 2. The van der Waals surface area contributed by atoms with Crippen LogP contribution in [0.3, 0.4) is 0 Å². The molecule has 0 saturated heterocycles. The number of aryl methyl sites for hydroxylation is 2. The van der Waals surface area contributed by atoms with Crippen LogP contribution in [-0.4, -0.2) is 27.6 Å². The van der Waals surface area contributed by atoms with E-state index in [2.05, 4.69) is 10.3 Å². The van der Waals surface area contributed by atoms with Crippen molar-refractivity contribution < 1.29 is 19.1 Å². The summed E-state index contributed by atoms with van der Waals surface area (Å²) in [5, 5.41) is 8.55. The summed E-state index contributed by atoms with van der Waals surface area (Å²) in [7, 11) is 1.82. The van der Waals surface area contributed by atoms with E-state index in [4.69, 9.17) is 14.3 Å². The van der Waals surface area contributed by atoms with Crippen LogP contribution < -0.4 is 4.74 Å². The summed E-state index contributed by atoms with van der Waals surface area (Å²) in [5.41, 5.74) is 2.22. The second kappa shape index (κ2) is 9.68. The van der Waals surface area contributed by atoms with Crippen molar-refractivity contribution in [3.63, 3.8) is 0 Å². The summed E-state index contributed by atoms with van der Waals surface area (Å²) in [5.74, 6) is 0.870. The van der Waals surface area contributed by atoms with Crippen molar-refractivity contribution >= 4 is 12.2 Å². The van der Waals surface area contributed by atoms with Gasteiger partial charge in [-0.25, -0.2) is 9.48 Å². The highest BCUT2D eigenvalue weighted by Gasteiger charge is 2.28. The van der Waals surface area contributed by atoms with Gasteiger partial charge in [0.2, 0.25) is 5.88 Å². The smallest absolute Gasteiger partial charge is 0.338 e. The van der Waals surface area contributed by atoms with Crippen LogP contribution in [0.15, 0.2) is 59.8 Å². The zero-order valence-corrected chi connectivity index (χ0v) is 19.3. The molecule has 0 aliphatic rings.